The lowest BCUT2D eigenvalue weighted by Crippen LogP contribution is -2.27. The molecule has 0 bridgehead atoms. The second kappa shape index (κ2) is 5.42. The monoisotopic (exact) mass is 241 g/mol. The fourth-order valence-corrected chi connectivity index (χ4v) is 1.57. The molecule has 0 spiro atoms. The number of hydrogen-bond acceptors (Lipinski definition) is 3. The molecule has 1 atom stereocenters. The Bertz CT molecular complexity index is 522. The SMILES string of the molecule is Cc1ccc(NC(=O)[C@H](N)c2ccccc2)cn1. The van der Waals surface area contributed by atoms with Crippen LogP contribution in [0.1, 0.15) is 17.3 Å². The fraction of sp³-hybridized carbons (Fsp3) is 0.143. The number of benzene rings is 1. The standard InChI is InChI=1S/C14H15N3O/c1-10-7-8-12(9-16-10)17-14(18)13(15)11-5-3-2-4-6-11/h2-9,13H,15H2,1H3,(H,17,18)/t13-/m1/s1. The number of nitrogens with one attached hydrogen (secondary N) is 1. The van der Waals surface area contributed by atoms with Gasteiger partial charge in [-0.25, -0.2) is 0 Å². The van der Waals surface area contributed by atoms with E-state index in [1.807, 2.05) is 43.3 Å². The van der Waals surface area contributed by atoms with Gasteiger partial charge in [-0.05, 0) is 24.6 Å². The van der Waals surface area contributed by atoms with E-state index < -0.39 is 6.04 Å². The van der Waals surface area contributed by atoms with Gasteiger partial charge in [-0.15, -0.1) is 0 Å². The Morgan fingerprint density at radius 1 is 1.22 bits per heavy atom. The molecule has 0 radical (unpaired) electrons. The molecule has 1 heterocycles. The van der Waals surface area contributed by atoms with E-state index in [4.69, 9.17) is 5.73 Å². The summed E-state index contributed by atoms with van der Waals surface area (Å²) in [6.07, 6.45) is 1.62. The van der Waals surface area contributed by atoms with Crippen LogP contribution in [0.3, 0.4) is 0 Å². The maximum absolute atomic E-state index is 11.9. The van der Waals surface area contributed by atoms with E-state index in [1.165, 1.54) is 0 Å². The quantitative estimate of drug-likeness (QED) is 0.864. The average Bonchev–Trinajstić information content (AvgIpc) is 2.41. The molecule has 3 N–H and O–H groups in total. The predicted octanol–water partition coefficient (Wildman–Crippen LogP) is 2.03. The van der Waals surface area contributed by atoms with Crippen molar-refractivity contribution >= 4 is 11.6 Å². The van der Waals surface area contributed by atoms with Gasteiger partial charge in [0, 0.05) is 5.69 Å². The van der Waals surface area contributed by atoms with Crippen LogP contribution in [0.15, 0.2) is 48.7 Å². The summed E-state index contributed by atoms with van der Waals surface area (Å²) in [6, 6.07) is 12.2. The highest BCUT2D eigenvalue weighted by Crippen LogP contribution is 2.13. The topological polar surface area (TPSA) is 68.0 Å². The maximum Gasteiger partial charge on any atom is 0.245 e. The summed E-state index contributed by atoms with van der Waals surface area (Å²) in [5.41, 5.74) is 8.22. The van der Waals surface area contributed by atoms with Crippen molar-refractivity contribution in [3.63, 3.8) is 0 Å². The van der Waals surface area contributed by atoms with Gasteiger partial charge in [-0.2, -0.15) is 0 Å². The Kier molecular flexibility index (Phi) is 3.69. The summed E-state index contributed by atoms with van der Waals surface area (Å²) < 4.78 is 0. The van der Waals surface area contributed by atoms with Crippen molar-refractivity contribution in [3.05, 3.63) is 59.9 Å². The molecule has 1 amide bonds. The van der Waals surface area contributed by atoms with E-state index in [9.17, 15) is 4.79 Å². The third kappa shape index (κ3) is 2.93. The molecule has 0 unspecified atom stereocenters. The minimum atomic E-state index is -0.674. The van der Waals surface area contributed by atoms with E-state index in [1.54, 1.807) is 12.3 Å². The summed E-state index contributed by atoms with van der Waals surface area (Å²) in [6.45, 7) is 1.89. The van der Waals surface area contributed by atoms with Crippen molar-refractivity contribution in [2.24, 2.45) is 5.73 Å². The van der Waals surface area contributed by atoms with Gasteiger partial charge < -0.3 is 11.1 Å². The summed E-state index contributed by atoms with van der Waals surface area (Å²) in [5, 5.41) is 2.74. The molecular weight excluding hydrogens is 226 g/mol. The molecule has 18 heavy (non-hydrogen) atoms. The van der Waals surface area contributed by atoms with Gasteiger partial charge >= 0.3 is 0 Å². The van der Waals surface area contributed by atoms with Crippen LogP contribution in [0.4, 0.5) is 5.69 Å². The highest BCUT2D eigenvalue weighted by atomic mass is 16.2. The minimum absolute atomic E-state index is 0.244. The van der Waals surface area contributed by atoms with Crippen LogP contribution in [0.2, 0.25) is 0 Å². The zero-order chi connectivity index (χ0) is 13.0. The minimum Gasteiger partial charge on any atom is -0.323 e. The highest BCUT2D eigenvalue weighted by Gasteiger charge is 2.15. The summed E-state index contributed by atoms with van der Waals surface area (Å²) in [4.78, 5) is 16.0. The van der Waals surface area contributed by atoms with E-state index in [0.717, 1.165) is 11.3 Å². The first kappa shape index (κ1) is 12.3. The van der Waals surface area contributed by atoms with Gasteiger partial charge in [0.1, 0.15) is 6.04 Å². The number of nitrogens with two attached hydrogens (primary N) is 1. The third-order valence-corrected chi connectivity index (χ3v) is 2.62. The summed E-state index contributed by atoms with van der Waals surface area (Å²) in [5.74, 6) is -0.244. The van der Waals surface area contributed by atoms with E-state index in [-0.39, 0.29) is 5.91 Å². The molecule has 0 saturated heterocycles. The first-order chi connectivity index (χ1) is 8.66. The van der Waals surface area contributed by atoms with Crippen LogP contribution in [0.5, 0.6) is 0 Å². The van der Waals surface area contributed by atoms with Gasteiger partial charge in [0.05, 0.1) is 11.9 Å². The van der Waals surface area contributed by atoms with Crippen LogP contribution in [-0.2, 0) is 4.79 Å². The van der Waals surface area contributed by atoms with Crippen LogP contribution in [-0.4, -0.2) is 10.9 Å². The molecule has 4 nitrogen and oxygen atoms in total. The summed E-state index contributed by atoms with van der Waals surface area (Å²) >= 11 is 0. The van der Waals surface area contributed by atoms with Crippen molar-refractivity contribution in [2.75, 3.05) is 5.32 Å². The molecule has 4 heteroatoms. The van der Waals surface area contributed by atoms with Crippen LogP contribution < -0.4 is 11.1 Å². The molecule has 1 aromatic heterocycles. The smallest absolute Gasteiger partial charge is 0.245 e. The Morgan fingerprint density at radius 3 is 2.56 bits per heavy atom. The van der Waals surface area contributed by atoms with Crippen LogP contribution in [0, 0.1) is 6.92 Å². The number of hydrogen-bond donors (Lipinski definition) is 2. The zero-order valence-corrected chi connectivity index (χ0v) is 10.1. The van der Waals surface area contributed by atoms with Crippen LogP contribution >= 0.6 is 0 Å². The molecule has 0 aliphatic rings. The predicted molar refractivity (Wildman–Crippen MR) is 71.0 cm³/mol. The fourth-order valence-electron chi connectivity index (χ4n) is 1.57. The number of carbonyl (C=O) groups is 1. The zero-order valence-electron chi connectivity index (χ0n) is 10.1. The first-order valence-corrected chi connectivity index (χ1v) is 5.71. The molecule has 92 valence electrons. The Labute approximate surface area is 106 Å². The molecular formula is C14H15N3O. The second-order valence-corrected chi connectivity index (χ2v) is 4.07. The van der Waals surface area contributed by atoms with Gasteiger partial charge in [-0.3, -0.25) is 9.78 Å². The lowest BCUT2D eigenvalue weighted by Gasteiger charge is -2.12. The molecule has 2 aromatic rings. The number of aromatic nitrogens is 1. The number of rotatable bonds is 3. The van der Waals surface area contributed by atoms with Gasteiger partial charge in [0.15, 0.2) is 0 Å². The maximum atomic E-state index is 11.9. The highest BCUT2D eigenvalue weighted by molar-refractivity contribution is 5.95. The van der Waals surface area contributed by atoms with Crippen molar-refractivity contribution in [1.82, 2.24) is 4.98 Å². The third-order valence-electron chi connectivity index (χ3n) is 2.62. The number of nitrogens with zero attached hydrogens (tertiary/aromatic N) is 1. The number of aryl methyl sites for hydroxylation is 1. The molecule has 1 aromatic carbocycles. The number of pyridine rings is 1. The Morgan fingerprint density at radius 2 is 1.94 bits per heavy atom. The summed E-state index contributed by atoms with van der Waals surface area (Å²) in [7, 11) is 0. The number of anilines is 1. The van der Waals surface area contributed by atoms with E-state index in [2.05, 4.69) is 10.3 Å². The molecule has 2 rings (SSSR count). The number of amides is 1. The van der Waals surface area contributed by atoms with E-state index >= 15 is 0 Å². The Balaban J connectivity index is 2.06. The number of carbonyl (C=O) groups excluding carboxylic acids is 1. The van der Waals surface area contributed by atoms with Crippen molar-refractivity contribution in [2.45, 2.75) is 13.0 Å². The van der Waals surface area contributed by atoms with Crippen LogP contribution in [0.25, 0.3) is 0 Å². The molecule has 0 aliphatic heterocycles. The average molecular weight is 241 g/mol. The molecule has 0 aliphatic carbocycles. The largest absolute Gasteiger partial charge is 0.323 e. The molecule has 0 saturated carbocycles. The first-order valence-electron chi connectivity index (χ1n) is 5.71. The van der Waals surface area contributed by atoms with Crippen molar-refractivity contribution in [1.29, 1.82) is 0 Å². The Hall–Kier alpha value is -2.20. The lowest BCUT2D eigenvalue weighted by atomic mass is 10.1. The van der Waals surface area contributed by atoms with Gasteiger partial charge in [0.25, 0.3) is 0 Å². The second-order valence-electron chi connectivity index (χ2n) is 4.07. The van der Waals surface area contributed by atoms with Gasteiger partial charge in [0.2, 0.25) is 5.91 Å². The lowest BCUT2D eigenvalue weighted by molar-refractivity contribution is -0.117. The molecule has 0 fully saturated rings. The normalized spacial score (nSPS) is 11.9. The van der Waals surface area contributed by atoms with Crippen molar-refractivity contribution in [3.8, 4) is 0 Å². The van der Waals surface area contributed by atoms with Crippen molar-refractivity contribution < 1.29 is 4.79 Å². The van der Waals surface area contributed by atoms with E-state index in [0.29, 0.717) is 5.69 Å². The van der Waals surface area contributed by atoms with Gasteiger partial charge in [-0.1, -0.05) is 30.3 Å².